The Morgan fingerprint density at radius 3 is 2.92 bits per heavy atom. The van der Waals surface area contributed by atoms with E-state index in [1.165, 1.54) is 6.07 Å². The maximum Gasteiger partial charge on any atom is 0.336 e. The molecule has 128 valence electrons. The number of carbonyl (C=O) groups is 1. The Morgan fingerprint density at radius 2 is 2.12 bits per heavy atom. The number of nitrogens with one attached hydrogen (secondary N) is 1. The van der Waals surface area contributed by atoms with Gasteiger partial charge in [0.1, 0.15) is 23.6 Å². The third kappa shape index (κ3) is 4.02. The Bertz CT molecular complexity index is 966. The van der Waals surface area contributed by atoms with E-state index < -0.39 is 11.7 Å². The molecule has 7 nitrogen and oxygen atoms in total. The lowest BCUT2D eigenvalue weighted by Gasteiger charge is -2.12. The molecule has 1 amide bonds. The van der Waals surface area contributed by atoms with E-state index in [9.17, 15) is 9.59 Å². The maximum atomic E-state index is 11.8. The highest BCUT2D eigenvalue weighted by Gasteiger charge is 2.11. The smallest absolute Gasteiger partial charge is 0.336 e. The summed E-state index contributed by atoms with van der Waals surface area (Å²) in [6.07, 6.45) is 1.61. The molecular formula is C18H17N3O4. The second-order valence-corrected chi connectivity index (χ2v) is 5.52. The third-order valence-corrected chi connectivity index (χ3v) is 3.53. The zero-order valence-corrected chi connectivity index (χ0v) is 13.6. The predicted octanol–water partition coefficient (Wildman–Crippen LogP) is 2.05. The number of fused-ring (bicyclic) bond motifs is 1. The number of hydrogen-bond donors (Lipinski definition) is 2. The van der Waals surface area contributed by atoms with Crippen LogP contribution in [-0.4, -0.2) is 16.9 Å². The lowest BCUT2D eigenvalue weighted by atomic mass is 10.2. The van der Waals surface area contributed by atoms with Gasteiger partial charge < -0.3 is 20.2 Å². The first-order chi connectivity index (χ1) is 12.0. The fraction of sp³-hybridized carbons (Fsp3) is 0.167. The molecule has 3 N–H and O–H groups in total. The topological polar surface area (TPSA) is 107 Å². The van der Waals surface area contributed by atoms with Crippen molar-refractivity contribution in [2.45, 2.75) is 19.6 Å². The molecule has 0 radical (unpaired) electrons. The molecule has 1 unspecified atom stereocenters. The van der Waals surface area contributed by atoms with Crippen LogP contribution in [0.5, 0.6) is 5.75 Å². The highest BCUT2D eigenvalue weighted by Crippen LogP contribution is 2.21. The SMILES string of the molecule is CC(N)C(=O)Nc1cccnc1COc1ccc2ccc(=O)oc2c1. The lowest BCUT2D eigenvalue weighted by molar-refractivity contribution is -0.117. The van der Waals surface area contributed by atoms with Crippen LogP contribution in [0.15, 0.2) is 57.9 Å². The molecule has 0 aliphatic rings. The van der Waals surface area contributed by atoms with E-state index in [0.29, 0.717) is 22.7 Å². The number of nitrogens with two attached hydrogens (primary N) is 1. The predicted molar refractivity (Wildman–Crippen MR) is 93.3 cm³/mol. The normalized spacial score (nSPS) is 11.9. The number of nitrogens with zero attached hydrogens (tertiary/aromatic N) is 1. The molecule has 2 aromatic heterocycles. The summed E-state index contributed by atoms with van der Waals surface area (Å²) < 4.78 is 10.9. The van der Waals surface area contributed by atoms with Gasteiger partial charge in [-0.15, -0.1) is 0 Å². The number of amides is 1. The van der Waals surface area contributed by atoms with Crippen LogP contribution < -0.4 is 21.4 Å². The van der Waals surface area contributed by atoms with E-state index in [2.05, 4.69) is 10.3 Å². The van der Waals surface area contributed by atoms with E-state index in [4.69, 9.17) is 14.9 Å². The number of aromatic nitrogens is 1. The van der Waals surface area contributed by atoms with Crippen molar-refractivity contribution < 1.29 is 13.9 Å². The average Bonchev–Trinajstić information content (AvgIpc) is 2.60. The number of hydrogen-bond acceptors (Lipinski definition) is 6. The minimum absolute atomic E-state index is 0.137. The Morgan fingerprint density at radius 1 is 1.32 bits per heavy atom. The van der Waals surface area contributed by atoms with Crippen LogP contribution in [0.25, 0.3) is 11.0 Å². The number of carbonyl (C=O) groups excluding carboxylic acids is 1. The van der Waals surface area contributed by atoms with Crippen molar-refractivity contribution in [2.75, 3.05) is 5.32 Å². The standard InChI is InChI=1S/C18H17N3O4/c1-11(19)18(23)21-14-3-2-8-20-15(14)10-24-13-6-4-12-5-7-17(22)25-16(12)9-13/h2-9,11H,10,19H2,1H3,(H,21,23). The molecule has 7 heteroatoms. The molecule has 0 spiro atoms. The molecule has 0 aliphatic carbocycles. The van der Waals surface area contributed by atoms with Crippen LogP contribution in [0.3, 0.4) is 0 Å². The van der Waals surface area contributed by atoms with Crippen LogP contribution in [0.1, 0.15) is 12.6 Å². The van der Waals surface area contributed by atoms with E-state index >= 15 is 0 Å². The van der Waals surface area contributed by atoms with Crippen molar-refractivity contribution in [2.24, 2.45) is 5.73 Å². The fourth-order valence-electron chi connectivity index (χ4n) is 2.20. The highest BCUT2D eigenvalue weighted by molar-refractivity contribution is 5.94. The molecule has 0 bridgehead atoms. The summed E-state index contributed by atoms with van der Waals surface area (Å²) in [6.45, 7) is 1.74. The third-order valence-electron chi connectivity index (χ3n) is 3.53. The maximum absolute atomic E-state index is 11.8. The van der Waals surface area contributed by atoms with Gasteiger partial charge >= 0.3 is 5.63 Å². The number of ether oxygens (including phenoxy) is 1. The zero-order chi connectivity index (χ0) is 17.8. The summed E-state index contributed by atoms with van der Waals surface area (Å²) in [5.41, 5.74) is 6.68. The average molecular weight is 339 g/mol. The van der Waals surface area contributed by atoms with Gasteiger partial charge in [-0.1, -0.05) is 0 Å². The van der Waals surface area contributed by atoms with Gasteiger partial charge in [0, 0.05) is 23.7 Å². The number of rotatable bonds is 5. The van der Waals surface area contributed by atoms with Crippen LogP contribution in [-0.2, 0) is 11.4 Å². The summed E-state index contributed by atoms with van der Waals surface area (Å²) in [5, 5.41) is 3.52. The van der Waals surface area contributed by atoms with Crippen molar-refractivity contribution in [3.63, 3.8) is 0 Å². The highest BCUT2D eigenvalue weighted by atomic mass is 16.5. The summed E-state index contributed by atoms with van der Waals surface area (Å²) in [6, 6.07) is 11.1. The van der Waals surface area contributed by atoms with Gasteiger partial charge in [0.15, 0.2) is 0 Å². The van der Waals surface area contributed by atoms with Gasteiger partial charge in [-0.3, -0.25) is 9.78 Å². The van der Waals surface area contributed by atoms with E-state index in [1.807, 2.05) is 0 Å². The van der Waals surface area contributed by atoms with E-state index in [0.717, 1.165) is 5.39 Å². The molecule has 0 saturated heterocycles. The zero-order valence-electron chi connectivity index (χ0n) is 13.6. The first kappa shape index (κ1) is 16.7. The van der Waals surface area contributed by atoms with Gasteiger partial charge in [0.2, 0.25) is 5.91 Å². The molecule has 0 aliphatic heterocycles. The van der Waals surface area contributed by atoms with Crippen LogP contribution >= 0.6 is 0 Å². The van der Waals surface area contributed by atoms with Crippen LogP contribution in [0, 0.1) is 0 Å². The molecule has 0 fully saturated rings. The molecule has 3 rings (SSSR count). The van der Waals surface area contributed by atoms with Gasteiger partial charge in [-0.25, -0.2) is 4.79 Å². The number of anilines is 1. The van der Waals surface area contributed by atoms with Crippen molar-refractivity contribution in [3.05, 3.63) is 64.8 Å². The van der Waals surface area contributed by atoms with Crippen molar-refractivity contribution >= 4 is 22.6 Å². The molecule has 1 aromatic carbocycles. The van der Waals surface area contributed by atoms with Gasteiger partial charge in [-0.2, -0.15) is 0 Å². The first-order valence-electron chi connectivity index (χ1n) is 7.70. The molecule has 3 aromatic rings. The molecule has 25 heavy (non-hydrogen) atoms. The summed E-state index contributed by atoms with van der Waals surface area (Å²) >= 11 is 0. The Hall–Kier alpha value is -3.19. The minimum atomic E-state index is -0.627. The summed E-state index contributed by atoms with van der Waals surface area (Å²) in [4.78, 5) is 27.3. The largest absolute Gasteiger partial charge is 0.487 e. The van der Waals surface area contributed by atoms with Crippen molar-refractivity contribution in [1.29, 1.82) is 0 Å². The van der Waals surface area contributed by atoms with Crippen molar-refractivity contribution in [1.82, 2.24) is 4.98 Å². The Kier molecular flexibility index (Phi) is 4.76. The number of benzene rings is 1. The summed E-state index contributed by atoms with van der Waals surface area (Å²) in [5.74, 6) is 0.221. The second kappa shape index (κ2) is 7.14. The van der Waals surface area contributed by atoms with Gasteiger partial charge in [-0.05, 0) is 37.3 Å². The van der Waals surface area contributed by atoms with Gasteiger partial charge in [0.05, 0.1) is 11.7 Å². The molecule has 1 atom stereocenters. The fourth-order valence-corrected chi connectivity index (χ4v) is 2.20. The van der Waals surface area contributed by atoms with E-state index in [1.54, 1.807) is 49.5 Å². The van der Waals surface area contributed by atoms with Crippen molar-refractivity contribution in [3.8, 4) is 5.75 Å². The van der Waals surface area contributed by atoms with Gasteiger partial charge in [0.25, 0.3) is 0 Å². The second-order valence-electron chi connectivity index (χ2n) is 5.52. The Balaban J connectivity index is 1.77. The quantitative estimate of drug-likeness (QED) is 0.689. The summed E-state index contributed by atoms with van der Waals surface area (Å²) in [7, 11) is 0. The monoisotopic (exact) mass is 339 g/mol. The van der Waals surface area contributed by atoms with Crippen LogP contribution in [0.2, 0.25) is 0 Å². The van der Waals surface area contributed by atoms with E-state index in [-0.39, 0.29) is 12.5 Å². The number of pyridine rings is 1. The lowest BCUT2D eigenvalue weighted by Crippen LogP contribution is -2.32. The molecular weight excluding hydrogens is 322 g/mol. The minimum Gasteiger partial charge on any atom is -0.487 e. The first-order valence-corrected chi connectivity index (χ1v) is 7.70. The molecule has 0 saturated carbocycles. The van der Waals surface area contributed by atoms with Crippen LogP contribution in [0.4, 0.5) is 5.69 Å². The molecule has 2 heterocycles. The Labute approximate surface area is 143 Å².